The average molecular weight is 287 g/mol. The molecule has 0 aromatic carbocycles. The standard InChI is InChI=1S/C13H25N3O2S/c1-4-15-11(17)7-19-8-13(12(14)18,10-5-6-10)16-9(2)3/h9-10,16H,4-8H2,1-3H3,(H2,14,18)(H,15,17). The van der Waals surface area contributed by atoms with Crippen molar-refractivity contribution in [3.63, 3.8) is 0 Å². The lowest BCUT2D eigenvalue weighted by Gasteiger charge is -2.33. The molecule has 0 saturated heterocycles. The summed E-state index contributed by atoms with van der Waals surface area (Å²) in [5.74, 6) is 0.949. The molecule has 0 radical (unpaired) electrons. The molecule has 110 valence electrons. The topological polar surface area (TPSA) is 84.2 Å². The van der Waals surface area contributed by atoms with Crippen molar-refractivity contribution in [3.8, 4) is 0 Å². The first-order valence-corrected chi connectivity index (χ1v) is 8.00. The average Bonchev–Trinajstić information content (AvgIpc) is 3.11. The molecule has 1 rings (SSSR count). The quantitative estimate of drug-likeness (QED) is 0.576. The summed E-state index contributed by atoms with van der Waals surface area (Å²) in [6, 6.07) is 0.193. The molecule has 2 amide bonds. The lowest BCUT2D eigenvalue weighted by Crippen LogP contribution is -2.61. The fourth-order valence-corrected chi connectivity index (χ4v) is 3.44. The molecule has 4 N–H and O–H groups in total. The van der Waals surface area contributed by atoms with Crippen molar-refractivity contribution in [1.29, 1.82) is 0 Å². The van der Waals surface area contributed by atoms with E-state index in [4.69, 9.17) is 5.73 Å². The van der Waals surface area contributed by atoms with Gasteiger partial charge in [0, 0.05) is 18.3 Å². The molecular weight excluding hydrogens is 262 g/mol. The van der Waals surface area contributed by atoms with Crippen molar-refractivity contribution >= 4 is 23.6 Å². The van der Waals surface area contributed by atoms with Crippen molar-refractivity contribution in [2.24, 2.45) is 11.7 Å². The van der Waals surface area contributed by atoms with Crippen LogP contribution >= 0.6 is 11.8 Å². The number of amides is 2. The third-order valence-electron chi connectivity index (χ3n) is 3.20. The minimum atomic E-state index is -0.661. The van der Waals surface area contributed by atoms with E-state index in [0.29, 0.717) is 24.0 Å². The molecule has 0 aromatic heterocycles. The molecule has 0 heterocycles. The molecule has 0 bridgehead atoms. The smallest absolute Gasteiger partial charge is 0.238 e. The van der Waals surface area contributed by atoms with Gasteiger partial charge in [-0.1, -0.05) is 0 Å². The van der Waals surface area contributed by atoms with Crippen LogP contribution in [0.1, 0.15) is 33.6 Å². The van der Waals surface area contributed by atoms with Crippen LogP contribution in [-0.4, -0.2) is 41.4 Å². The van der Waals surface area contributed by atoms with Crippen molar-refractivity contribution in [2.75, 3.05) is 18.1 Å². The van der Waals surface area contributed by atoms with Gasteiger partial charge in [-0.25, -0.2) is 0 Å². The van der Waals surface area contributed by atoms with Crippen LogP contribution in [0.5, 0.6) is 0 Å². The molecule has 1 aliphatic rings. The van der Waals surface area contributed by atoms with Gasteiger partial charge < -0.3 is 16.4 Å². The van der Waals surface area contributed by atoms with Crippen molar-refractivity contribution in [3.05, 3.63) is 0 Å². The fourth-order valence-electron chi connectivity index (χ4n) is 2.26. The Bertz CT molecular complexity index is 332. The molecular formula is C13H25N3O2S. The van der Waals surface area contributed by atoms with E-state index in [9.17, 15) is 9.59 Å². The Morgan fingerprint density at radius 1 is 1.42 bits per heavy atom. The first kappa shape index (κ1) is 16.3. The zero-order valence-electron chi connectivity index (χ0n) is 12.0. The van der Waals surface area contributed by atoms with Crippen molar-refractivity contribution < 1.29 is 9.59 Å². The van der Waals surface area contributed by atoms with Gasteiger partial charge in [0.05, 0.1) is 5.75 Å². The van der Waals surface area contributed by atoms with E-state index in [1.807, 2.05) is 20.8 Å². The highest BCUT2D eigenvalue weighted by atomic mass is 32.2. The van der Waals surface area contributed by atoms with E-state index in [0.717, 1.165) is 12.8 Å². The molecule has 6 heteroatoms. The van der Waals surface area contributed by atoms with Crippen molar-refractivity contribution in [1.82, 2.24) is 10.6 Å². The number of carbonyl (C=O) groups excluding carboxylic acids is 2. The Labute approximate surface area is 119 Å². The molecule has 1 saturated carbocycles. The predicted molar refractivity (Wildman–Crippen MR) is 78.9 cm³/mol. The predicted octanol–water partition coefficient (Wildman–Crippen LogP) is 0.488. The Kier molecular flexibility index (Phi) is 6.13. The molecule has 19 heavy (non-hydrogen) atoms. The van der Waals surface area contributed by atoms with Gasteiger partial charge in [0.2, 0.25) is 11.8 Å². The SMILES string of the molecule is CCNC(=O)CSCC(NC(C)C)(C(N)=O)C1CC1. The molecule has 1 aliphatic carbocycles. The van der Waals surface area contributed by atoms with Crippen LogP contribution in [-0.2, 0) is 9.59 Å². The maximum Gasteiger partial charge on any atom is 0.238 e. The van der Waals surface area contributed by atoms with Gasteiger partial charge >= 0.3 is 0 Å². The van der Waals surface area contributed by atoms with Crippen LogP contribution in [0.2, 0.25) is 0 Å². The molecule has 1 unspecified atom stereocenters. The normalized spacial score (nSPS) is 18.1. The summed E-state index contributed by atoms with van der Waals surface area (Å²) in [4.78, 5) is 23.3. The lowest BCUT2D eigenvalue weighted by molar-refractivity contribution is -0.124. The summed E-state index contributed by atoms with van der Waals surface area (Å²) < 4.78 is 0. The summed E-state index contributed by atoms with van der Waals surface area (Å²) in [6.45, 7) is 6.54. The van der Waals surface area contributed by atoms with Crippen LogP contribution in [0.15, 0.2) is 0 Å². The first-order chi connectivity index (χ1) is 8.92. The van der Waals surface area contributed by atoms with E-state index in [2.05, 4.69) is 10.6 Å². The van der Waals surface area contributed by atoms with Crippen LogP contribution in [0.25, 0.3) is 0 Å². The van der Waals surface area contributed by atoms with Gasteiger partial charge in [-0.2, -0.15) is 0 Å². The molecule has 0 spiro atoms. The lowest BCUT2D eigenvalue weighted by atomic mass is 9.93. The molecule has 1 atom stereocenters. The number of nitrogens with one attached hydrogen (secondary N) is 2. The van der Waals surface area contributed by atoms with Crippen molar-refractivity contribution in [2.45, 2.75) is 45.2 Å². The largest absolute Gasteiger partial charge is 0.368 e. The van der Waals surface area contributed by atoms with Crippen LogP contribution in [0.4, 0.5) is 0 Å². The molecule has 5 nitrogen and oxygen atoms in total. The second-order valence-electron chi connectivity index (χ2n) is 5.36. The summed E-state index contributed by atoms with van der Waals surface area (Å²) in [5.41, 5.74) is 4.96. The Morgan fingerprint density at radius 2 is 2.05 bits per heavy atom. The Morgan fingerprint density at radius 3 is 2.47 bits per heavy atom. The number of hydrogen-bond acceptors (Lipinski definition) is 4. The van der Waals surface area contributed by atoms with Gasteiger partial charge in [0.15, 0.2) is 0 Å². The maximum absolute atomic E-state index is 11.9. The zero-order chi connectivity index (χ0) is 14.5. The van der Waals surface area contributed by atoms with Gasteiger partial charge in [-0.3, -0.25) is 9.59 Å². The Hall–Kier alpha value is -0.750. The van der Waals surface area contributed by atoms with Crippen LogP contribution in [0.3, 0.4) is 0 Å². The van der Waals surface area contributed by atoms with E-state index in [1.54, 1.807) is 0 Å². The van der Waals surface area contributed by atoms with E-state index < -0.39 is 5.54 Å². The maximum atomic E-state index is 11.9. The minimum Gasteiger partial charge on any atom is -0.368 e. The summed E-state index contributed by atoms with van der Waals surface area (Å²) in [5, 5.41) is 6.08. The van der Waals surface area contributed by atoms with E-state index >= 15 is 0 Å². The number of nitrogens with two attached hydrogens (primary N) is 1. The Balaban J connectivity index is 2.58. The zero-order valence-corrected chi connectivity index (χ0v) is 12.8. The van der Waals surface area contributed by atoms with E-state index in [1.165, 1.54) is 11.8 Å². The van der Waals surface area contributed by atoms with Gasteiger partial charge in [0.25, 0.3) is 0 Å². The second kappa shape index (κ2) is 7.14. The van der Waals surface area contributed by atoms with E-state index in [-0.39, 0.29) is 17.9 Å². The van der Waals surface area contributed by atoms with Gasteiger partial charge in [0.1, 0.15) is 5.54 Å². The third-order valence-corrected chi connectivity index (χ3v) is 4.32. The highest BCUT2D eigenvalue weighted by Crippen LogP contribution is 2.41. The number of carbonyl (C=O) groups is 2. The van der Waals surface area contributed by atoms with Crippen LogP contribution < -0.4 is 16.4 Å². The first-order valence-electron chi connectivity index (χ1n) is 6.84. The minimum absolute atomic E-state index is 0.00575. The number of rotatable bonds is 9. The highest BCUT2D eigenvalue weighted by Gasteiger charge is 2.49. The molecule has 1 fully saturated rings. The monoisotopic (exact) mass is 287 g/mol. The summed E-state index contributed by atoms with van der Waals surface area (Å²) in [6.07, 6.45) is 2.06. The number of primary amides is 1. The highest BCUT2D eigenvalue weighted by molar-refractivity contribution is 8.00. The fraction of sp³-hybridized carbons (Fsp3) is 0.846. The second-order valence-corrected chi connectivity index (χ2v) is 6.34. The summed E-state index contributed by atoms with van der Waals surface area (Å²) >= 11 is 1.47. The number of thioether (sulfide) groups is 1. The number of hydrogen-bond donors (Lipinski definition) is 3. The molecule has 0 aromatic rings. The van der Waals surface area contributed by atoms with Gasteiger partial charge in [-0.15, -0.1) is 11.8 Å². The third kappa shape index (κ3) is 4.69. The van der Waals surface area contributed by atoms with Crippen LogP contribution in [0, 0.1) is 5.92 Å². The van der Waals surface area contributed by atoms with Gasteiger partial charge in [-0.05, 0) is 39.5 Å². The molecule has 0 aliphatic heterocycles. The summed E-state index contributed by atoms with van der Waals surface area (Å²) in [7, 11) is 0.